The van der Waals surface area contributed by atoms with Gasteiger partial charge in [0.15, 0.2) is 0 Å². The van der Waals surface area contributed by atoms with Gasteiger partial charge in [-0.15, -0.1) is 0 Å². The highest BCUT2D eigenvalue weighted by molar-refractivity contribution is 7.55. The van der Waals surface area contributed by atoms with Crippen molar-refractivity contribution in [2.24, 2.45) is 0 Å². The summed E-state index contributed by atoms with van der Waals surface area (Å²) in [7, 11) is 1.01. The van der Waals surface area contributed by atoms with Gasteiger partial charge in [-0.05, 0) is 14.1 Å². The van der Waals surface area contributed by atoms with Crippen molar-refractivity contribution in [3.63, 3.8) is 0 Å². The lowest BCUT2D eigenvalue weighted by atomic mass is 10.0. The molecule has 0 atom stereocenters. The topological polar surface area (TPSA) is 51.2 Å². The van der Waals surface area contributed by atoms with Crippen LogP contribution in [-0.4, -0.2) is 49.2 Å². The second kappa shape index (κ2) is 2.61. The van der Waals surface area contributed by atoms with Gasteiger partial charge in [0.25, 0.3) is 0 Å². The minimum Gasteiger partial charge on any atom is -0.297 e. The number of fused-ring (bicyclic) bond motifs is 3. The minimum absolute atomic E-state index is 0.204. The predicted molar refractivity (Wildman–Crippen MR) is 43.4 cm³/mol. The number of rotatable bonds is 1. The normalized spacial score (nSPS) is 47.0. The van der Waals surface area contributed by atoms with Gasteiger partial charge >= 0.3 is 8.17 Å². The molecule has 3 rings (SSSR count). The van der Waals surface area contributed by atoms with Crippen LogP contribution in [0.5, 0.6) is 0 Å². The van der Waals surface area contributed by atoms with E-state index in [1.165, 1.54) is 0 Å². The zero-order valence-electron chi connectivity index (χ0n) is 7.19. The summed E-state index contributed by atoms with van der Waals surface area (Å²) in [6.07, 6.45) is 0. The molecule has 1 N–H and O–H groups in total. The third-order valence-electron chi connectivity index (χ3n) is 2.44. The molecule has 0 spiro atoms. The highest BCUT2D eigenvalue weighted by Crippen LogP contribution is 2.65. The summed E-state index contributed by atoms with van der Waals surface area (Å²) in [4.78, 5) is 11.4. The van der Waals surface area contributed by atoms with Crippen LogP contribution in [0.15, 0.2) is 0 Å². The van der Waals surface area contributed by atoms with Crippen LogP contribution in [0.25, 0.3) is 0 Å². The maximum absolute atomic E-state index is 9.44. The van der Waals surface area contributed by atoms with E-state index in [2.05, 4.69) is 0 Å². The van der Waals surface area contributed by atoms with Gasteiger partial charge in [0.1, 0.15) is 25.4 Å². The molecule has 5 nitrogen and oxygen atoms in total. The molecule has 0 unspecified atom stereocenters. The van der Waals surface area contributed by atoms with Crippen LogP contribution in [0.3, 0.4) is 0 Å². The van der Waals surface area contributed by atoms with E-state index in [9.17, 15) is 4.89 Å². The number of likely N-dealkylation sites (N-methyl/N-ethyl adjacent to an activating group) is 1. The Kier molecular flexibility index (Phi) is 1.91. The number of nitrogens with zero attached hydrogens (tertiary/aromatic N) is 1. The summed E-state index contributed by atoms with van der Waals surface area (Å²) in [5.41, 5.74) is -0.204. The molecule has 0 aromatic carbocycles. The lowest BCUT2D eigenvalue weighted by molar-refractivity contribution is -0.120. The van der Waals surface area contributed by atoms with Crippen LogP contribution in [-0.2, 0) is 13.6 Å². The first-order valence-electron chi connectivity index (χ1n) is 3.79. The Morgan fingerprint density at radius 1 is 1.17 bits per heavy atom. The van der Waals surface area contributed by atoms with E-state index in [0.717, 1.165) is 0 Å². The van der Waals surface area contributed by atoms with Crippen LogP contribution >= 0.6 is 8.17 Å². The van der Waals surface area contributed by atoms with Crippen molar-refractivity contribution >= 4 is 8.17 Å². The van der Waals surface area contributed by atoms with Gasteiger partial charge in [-0.2, -0.15) is 18.5 Å². The molecule has 0 aliphatic carbocycles. The largest absolute Gasteiger partial charge is 0.572 e. The SMILES string of the molecule is CN(C)C12CO[P+](O)(OC1)OC2. The average molecular weight is 194 g/mol. The Labute approximate surface area is 71.9 Å². The van der Waals surface area contributed by atoms with Gasteiger partial charge in [-0.3, -0.25) is 4.90 Å². The minimum atomic E-state index is -2.89. The smallest absolute Gasteiger partial charge is 0.297 e. The molecule has 0 aromatic rings. The Bertz CT molecular complexity index is 173. The van der Waals surface area contributed by atoms with Crippen LogP contribution in [0.2, 0.25) is 0 Å². The molecule has 70 valence electrons. The second-order valence-corrected chi connectivity index (χ2v) is 5.12. The summed E-state index contributed by atoms with van der Waals surface area (Å²) >= 11 is 0. The van der Waals surface area contributed by atoms with E-state index >= 15 is 0 Å². The van der Waals surface area contributed by atoms with Crippen molar-refractivity contribution in [3.8, 4) is 0 Å². The Morgan fingerprint density at radius 3 is 1.92 bits per heavy atom. The molecule has 2 bridgehead atoms. The Morgan fingerprint density at radius 2 is 1.58 bits per heavy atom. The third-order valence-corrected chi connectivity index (χ3v) is 3.80. The fourth-order valence-corrected chi connectivity index (χ4v) is 2.66. The monoisotopic (exact) mass is 194 g/mol. The highest BCUT2D eigenvalue weighted by Gasteiger charge is 2.62. The zero-order valence-corrected chi connectivity index (χ0v) is 8.08. The van der Waals surface area contributed by atoms with Crippen LogP contribution < -0.4 is 0 Å². The van der Waals surface area contributed by atoms with Crippen molar-refractivity contribution in [1.29, 1.82) is 0 Å². The van der Waals surface area contributed by atoms with E-state index in [1.807, 2.05) is 19.0 Å². The molecular weight excluding hydrogens is 181 g/mol. The van der Waals surface area contributed by atoms with Gasteiger partial charge in [-0.1, -0.05) is 0 Å². The van der Waals surface area contributed by atoms with E-state index in [1.54, 1.807) is 0 Å². The van der Waals surface area contributed by atoms with Crippen LogP contribution in [0.4, 0.5) is 0 Å². The van der Waals surface area contributed by atoms with E-state index in [-0.39, 0.29) is 5.54 Å². The van der Waals surface area contributed by atoms with Gasteiger partial charge in [0.2, 0.25) is 0 Å². The molecule has 3 heterocycles. The quantitative estimate of drug-likeness (QED) is 0.597. The summed E-state index contributed by atoms with van der Waals surface area (Å²) in [6, 6.07) is 0. The van der Waals surface area contributed by atoms with Gasteiger partial charge in [0, 0.05) is 0 Å². The molecule has 6 heteroatoms. The molecule has 12 heavy (non-hydrogen) atoms. The van der Waals surface area contributed by atoms with Crippen molar-refractivity contribution in [2.75, 3.05) is 33.9 Å². The van der Waals surface area contributed by atoms with Crippen LogP contribution in [0.1, 0.15) is 0 Å². The summed E-state index contributed by atoms with van der Waals surface area (Å²) in [5.74, 6) is 0. The third kappa shape index (κ3) is 1.18. The standard InChI is InChI=1S/C6H13NO4P/c1-7(2)6-3-9-12(8,10-4-6)11-5-6/h8H,3-5H2,1-2H3/q+1. The van der Waals surface area contributed by atoms with Crippen LogP contribution in [0, 0.1) is 0 Å². The molecule has 0 aromatic heterocycles. The fraction of sp³-hybridized carbons (Fsp3) is 1.00. The first-order valence-corrected chi connectivity index (χ1v) is 5.29. The first kappa shape index (κ1) is 8.81. The lowest BCUT2D eigenvalue weighted by Crippen LogP contribution is -2.60. The molecule has 0 amide bonds. The van der Waals surface area contributed by atoms with Gasteiger partial charge in [-0.25, -0.2) is 0 Å². The maximum Gasteiger partial charge on any atom is 0.572 e. The average Bonchev–Trinajstić information content (AvgIpc) is 2.06. The molecule has 3 aliphatic heterocycles. The lowest BCUT2D eigenvalue weighted by Gasteiger charge is -2.44. The summed E-state index contributed by atoms with van der Waals surface area (Å²) in [5, 5.41) is 0. The second-order valence-electron chi connectivity index (χ2n) is 3.41. The number of hydrogen-bond acceptors (Lipinski definition) is 5. The van der Waals surface area contributed by atoms with E-state index in [0.29, 0.717) is 19.8 Å². The molecule has 3 fully saturated rings. The number of hydrogen-bond donors (Lipinski definition) is 1. The first-order chi connectivity index (χ1) is 5.56. The molecule has 3 saturated heterocycles. The maximum atomic E-state index is 9.44. The van der Waals surface area contributed by atoms with Crippen molar-refractivity contribution < 1.29 is 18.5 Å². The summed E-state index contributed by atoms with van der Waals surface area (Å²) < 4.78 is 15.3. The zero-order chi connectivity index (χ0) is 8.82. The van der Waals surface area contributed by atoms with E-state index < -0.39 is 8.17 Å². The van der Waals surface area contributed by atoms with Crippen molar-refractivity contribution in [1.82, 2.24) is 4.90 Å². The molecule has 3 aliphatic rings. The van der Waals surface area contributed by atoms with E-state index in [4.69, 9.17) is 13.6 Å². The molecular formula is C6H13NO4P+. The van der Waals surface area contributed by atoms with Crippen molar-refractivity contribution in [3.05, 3.63) is 0 Å². The predicted octanol–water partition coefficient (Wildman–Crippen LogP) is 0.0337. The fourth-order valence-electron chi connectivity index (χ4n) is 1.23. The molecule has 0 saturated carbocycles. The molecule has 0 radical (unpaired) electrons. The Hall–Kier alpha value is 0.230. The summed E-state index contributed by atoms with van der Waals surface area (Å²) in [6.45, 7) is 1.47. The van der Waals surface area contributed by atoms with Gasteiger partial charge < -0.3 is 0 Å². The van der Waals surface area contributed by atoms with Crippen molar-refractivity contribution in [2.45, 2.75) is 5.54 Å². The Balaban J connectivity index is 2.14. The van der Waals surface area contributed by atoms with Gasteiger partial charge in [0.05, 0.1) is 0 Å². The highest BCUT2D eigenvalue weighted by atomic mass is 31.2.